The van der Waals surface area contributed by atoms with Crippen molar-refractivity contribution in [3.05, 3.63) is 29.8 Å². The van der Waals surface area contributed by atoms with E-state index in [0.717, 1.165) is 11.3 Å². The minimum absolute atomic E-state index is 0.0929. The maximum Gasteiger partial charge on any atom is 0.235 e. The topological polar surface area (TPSA) is 52.6 Å². The van der Waals surface area contributed by atoms with Gasteiger partial charge in [0.1, 0.15) is 5.75 Å². The van der Waals surface area contributed by atoms with Crippen LogP contribution in [0.1, 0.15) is 12.0 Å². The summed E-state index contributed by atoms with van der Waals surface area (Å²) >= 11 is 0. The van der Waals surface area contributed by atoms with Crippen LogP contribution in [-0.4, -0.2) is 34.0 Å². The number of methoxy groups -OCH3 is 1. The zero-order chi connectivity index (χ0) is 13.9. The van der Waals surface area contributed by atoms with E-state index in [4.69, 9.17) is 20.2 Å². The highest BCUT2D eigenvalue weighted by atomic mass is 35.7. The lowest BCUT2D eigenvalue weighted by Gasteiger charge is -2.29. The molecule has 1 heterocycles. The van der Waals surface area contributed by atoms with Crippen LogP contribution in [0.3, 0.4) is 0 Å². The highest BCUT2D eigenvalue weighted by molar-refractivity contribution is 8.14. The lowest BCUT2D eigenvalue weighted by molar-refractivity contribution is 0.0577. The first-order valence-corrected chi connectivity index (χ1v) is 8.52. The minimum atomic E-state index is -3.54. The molecule has 0 N–H and O–H groups in total. The highest BCUT2D eigenvalue weighted by Gasteiger charge is 2.34. The van der Waals surface area contributed by atoms with Gasteiger partial charge in [-0.1, -0.05) is 12.1 Å². The third-order valence-corrected chi connectivity index (χ3v) is 5.45. The Labute approximate surface area is 118 Å². The van der Waals surface area contributed by atoms with Gasteiger partial charge in [-0.05, 0) is 30.5 Å². The van der Waals surface area contributed by atoms with E-state index in [1.165, 1.54) is 0 Å². The van der Waals surface area contributed by atoms with Crippen molar-refractivity contribution >= 4 is 19.7 Å². The van der Waals surface area contributed by atoms with E-state index in [1.807, 2.05) is 24.3 Å². The predicted molar refractivity (Wildman–Crippen MR) is 74.2 cm³/mol. The molecule has 1 aromatic carbocycles. The number of rotatable bonds is 4. The third kappa shape index (κ3) is 3.84. The van der Waals surface area contributed by atoms with Gasteiger partial charge in [0.25, 0.3) is 0 Å². The SMILES string of the molecule is COc1ccc(CC2COCCC2S(=O)(=O)Cl)cc1. The van der Waals surface area contributed by atoms with Crippen LogP contribution in [0.25, 0.3) is 0 Å². The van der Waals surface area contributed by atoms with Crippen LogP contribution >= 0.6 is 10.7 Å². The average molecular weight is 305 g/mol. The van der Waals surface area contributed by atoms with Crippen molar-refractivity contribution in [3.8, 4) is 5.75 Å². The van der Waals surface area contributed by atoms with Gasteiger partial charge >= 0.3 is 0 Å². The summed E-state index contributed by atoms with van der Waals surface area (Å²) in [6.07, 6.45) is 1.10. The number of ether oxygens (including phenoxy) is 2. The van der Waals surface area contributed by atoms with E-state index in [0.29, 0.717) is 26.1 Å². The molecule has 106 valence electrons. The summed E-state index contributed by atoms with van der Waals surface area (Å²) in [6.45, 7) is 0.887. The van der Waals surface area contributed by atoms with Gasteiger partial charge in [0, 0.05) is 23.2 Å². The fraction of sp³-hybridized carbons (Fsp3) is 0.538. The van der Waals surface area contributed by atoms with E-state index in [2.05, 4.69) is 0 Å². The second kappa shape index (κ2) is 6.11. The normalized spacial score (nSPS) is 24.1. The summed E-state index contributed by atoms with van der Waals surface area (Å²) < 4.78 is 33.6. The highest BCUT2D eigenvalue weighted by Crippen LogP contribution is 2.28. The third-order valence-electron chi connectivity index (χ3n) is 3.42. The summed E-state index contributed by atoms with van der Waals surface area (Å²) in [7, 11) is 3.59. The van der Waals surface area contributed by atoms with E-state index in [1.54, 1.807) is 7.11 Å². The van der Waals surface area contributed by atoms with Crippen molar-refractivity contribution < 1.29 is 17.9 Å². The van der Waals surface area contributed by atoms with E-state index < -0.39 is 14.3 Å². The fourth-order valence-electron chi connectivity index (χ4n) is 2.40. The molecular weight excluding hydrogens is 288 g/mol. The molecule has 1 aliphatic heterocycles. The van der Waals surface area contributed by atoms with Crippen molar-refractivity contribution in [2.45, 2.75) is 18.1 Å². The van der Waals surface area contributed by atoms with Crippen LogP contribution in [-0.2, 0) is 20.2 Å². The molecule has 1 aliphatic rings. The second-order valence-corrected chi connectivity index (χ2v) is 7.54. The van der Waals surface area contributed by atoms with Crippen molar-refractivity contribution in [2.24, 2.45) is 5.92 Å². The zero-order valence-electron chi connectivity index (χ0n) is 10.7. The Hall–Kier alpha value is -0.780. The maximum atomic E-state index is 11.6. The summed E-state index contributed by atoms with van der Waals surface area (Å²) in [4.78, 5) is 0. The van der Waals surface area contributed by atoms with Gasteiger partial charge in [-0.15, -0.1) is 0 Å². The molecule has 0 amide bonds. The Morgan fingerprint density at radius 1 is 1.37 bits per heavy atom. The molecule has 0 spiro atoms. The van der Waals surface area contributed by atoms with Crippen molar-refractivity contribution in [1.29, 1.82) is 0 Å². The Balaban J connectivity index is 2.10. The molecule has 0 aromatic heterocycles. The van der Waals surface area contributed by atoms with Crippen LogP contribution in [0.15, 0.2) is 24.3 Å². The second-order valence-electron chi connectivity index (χ2n) is 4.69. The summed E-state index contributed by atoms with van der Waals surface area (Å²) in [5.74, 6) is 0.690. The Morgan fingerprint density at radius 3 is 2.63 bits per heavy atom. The average Bonchev–Trinajstić information content (AvgIpc) is 2.39. The molecule has 2 atom stereocenters. The first-order valence-electron chi connectivity index (χ1n) is 6.15. The summed E-state index contributed by atoms with van der Waals surface area (Å²) in [5, 5.41) is -0.523. The van der Waals surface area contributed by atoms with Gasteiger partial charge in [-0.2, -0.15) is 0 Å². The van der Waals surface area contributed by atoms with Gasteiger partial charge in [0.05, 0.1) is 19.0 Å². The smallest absolute Gasteiger partial charge is 0.235 e. The number of hydrogen-bond donors (Lipinski definition) is 0. The first-order chi connectivity index (χ1) is 9.00. The fourth-order valence-corrected chi connectivity index (χ4v) is 4.12. The largest absolute Gasteiger partial charge is 0.497 e. The molecule has 6 heteroatoms. The standard InChI is InChI=1S/C13H17ClO4S/c1-17-12-4-2-10(3-5-12)8-11-9-18-7-6-13(11)19(14,15)16/h2-5,11,13H,6-9H2,1H3. The van der Waals surface area contributed by atoms with E-state index in [-0.39, 0.29) is 5.92 Å². The van der Waals surface area contributed by atoms with Crippen LogP contribution in [0.4, 0.5) is 0 Å². The molecule has 19 heavy (non-hydrogen) atoms. The molecule has 0 saturated carbocycles. The van der Waals surface area contributed by atoms with Gasteiger partial charge in [0.15, 0.2) is 0 Å². The van der Waals surface area contributed by atoms with Gasteiger partial charge in [-0.3, -0.25) is 0 Å². The lowest BCUT2D eigenvalue weighted by Crippen LogP contribution is -2.37. The van der Waals surface area contributed by atoms with Crippen molar-refractivity contribution in [3.63, 3.8) is 0 Å². The molecular formula is C13H17ClO4S. The van der Waals surface area contributed by atoms with Crippen molar-refractivity contribution in [2.75, 3.05) is 20.3 Å². The Kier molecular flexibility index (Phi) is 4.71. The quantitative estimate of drug-likeness (QED) is 0.800. The molecule has 2 rings (SSSR count). The van der Waals surface area contributed by atoms with Crippen LogP contribution < -0.4 is 4.74 Å². The molecule has 1 saturated heterocycles. The molecule has 0 radical (unpaired) electrons. The van der Waals surface area contributed by atoms with Crippen LogP contribution in [0.5, 0.6) is 5.75 Å². The molecule has 0 bridgehead atoms. The van der Waals surface area contributed by atoms with Gasteiger partial charge < -0.3 is 9.47 Å². The maximum absolute atomic E-state index is 11.6. The van der Waals surface area contributed by atoms with Crippen molar-refractivity contribution in [1.82, 2.24) is 0 Å². The molecule has 1 aromatic rings. The Morgan fingerprint density at radius 2 is 2.05 bits per heavy atom. The van der Waals surface area contributed by atoms with E-state index in [9.17, 15) is 8.42 Å². The predicted octanol–water partition coefficient (Wildman–Crippen LogP) is 2.21. The van der Waals surface area contributed by atoms with Gasteiger partial charge in [0.2, 0.25) is 9.05 Å². The summed E-state index contributed by atoms with van der Waals surface area (Å²) in [5.41, 5.74) is 1.06. The Bertz CT molecular complexity index is 512. The number of halogens is 1. The minimum Gasteiger partial charge on any atom is -0.497 e. The van der Waals surface area contributed by atoms with Crippen LogP contribution in [0.2, 0.25) is 0 Å². The summed E-state index contributed by atoms with van der Waals surface area (Å²) in [6, 6.07) is 7.60. The zero-order valence-corrected chi connectivity index (χ0v) is 12.3. The molecule has 4 nitrogen and oxygen atoms in total. The number of benzene rings is 1. The van der Waals surface area contributed by atoms with Gasteiger partial charge in [-0.25, -0.2) is 8.42 Å². The molecule has 0 aliphatic carbocycles. The first kappa shape index (κ1) is 14.6. The van der Waals surface area contributed by atoms with Crippen LogP contribution in [0, 0.1) is 5.92 Å². The molecule has 2 unspecified atom stereocenters. The van der Waals surface area contributed by atoms with E-state index >= 15 is 0 Å². The monoisotopic (exact) mass is 304 g/mol. The lowest BCUT2D eigenvalue weighted by atomic mass is 9.93. The number of hydrogen-bond acceptors (Lipinski definition) is 4. The molecule has 1 fully saturated rings.